The Kier molecular flexibility index (Phi) is 29.9. The van der Waals surface area contributed by atoms with Gasteiger partial charge < -0.3 is 24.8 Å². The fourth-order valence-corrected chi connectivity index (χ4v) is 2.36. The summed E-state index contributed by atoms with van der Waals surface area (Å²) in [6.45, 7) is 16.3. The molecule has 0 radical (unpaired) electrons. The Hall–Kier alpha value is -5.21. The molecule has 0 aromatic heterocycles. The number of rotatable bonds is 9. The van der Waals surface area contributed by atoms with E-state index >= 15 is 0 Å². The highest BCUT2D eigenvalue weighted by Gasteiger charge is 2.24. The van der Waals surface area contributed by atoms with E-state index < -0.39 is 17.5 Å². The molecule has 0 heterocycles. The van der Waals surface area contributed by atoms with E-state index in [0.29, 0.717) is 16.7 Å². The van der Waals surface area contributed by atoms with Crippen LogP contribution in [0, 0.1) is 0 Å². The van der Waals surface area contributed by atoms with E-state index in [9.17, 15) is 29.1 Å². The molecule has 0 saturated carbocycles. The number of carbonyl (C=O) groups excluding carboxylic acids is 5. The third kappa shape index (κ3) is 33.7. The molecular formula is C38H48O10+2. The van der Waals surface area contributed by atoms with Crippen LogP contribution in [0.2, 0.25) is 0 Å². The number of hydrogen-bond donors (Lipinski definition) is 3. The predicted molar refractivity (Wildman–Crippen MR) is 187 cm³/mol. The van der Waals surface area contributed by atoms with Gasteiger partial charge in [-0.25, -0.2) is 9.59 Å². The summed E-state index contributed by atoms with van der Waals surface area (Å²) in [5.41, 5.74) is 0.478. The van der Waals surface area contributed by atoms with Crippen LogP contribution in [-0.4, -0.2) is 76.6 Å². The van der Waals surface area contributed by atoms with E-state index in [-0.39, 0.29) is 31.2 Å². The maximum Gasteiger partial charge on any atom is 0.330 e. The van der Waals surface area contributed by atoms with E-state index in [1.165, 1.54) is 13.8 Å². The van der Waals surface area contributed by atoms with Crippen LogP contribution < -0.4 is 0 Å². The van der Waals surface area contributed by atoms with Gasteiger partial charge in [0.05, 0.1) is 24.3 Å². The van der Waals surface area contributed by atoms with Crippen molar-refractivity contribution >= 4 is 30.3 Å². The molecular weight excluding hydrogens is 616 g/mol. The summed E-state index contributed by atoms with van der Waals surface area (Å²) >= 11 is 0. The topological polar surface area (TPSA) is 164 Å². The number of benzene rings is 3. The van der Waals surface area contributed by atoms with E-state index in [1.807, 2.05) is 18.2 Å². The second-order valence-corrected chi connectivity index (χ2v) is 10.1. The van der Waals surface area contributed by atoms with Gasteiger partial charge in [-0.05, 0) is 77.9 Å². The van der Waals surface area contributed by atoms with Gasteiger partial charge >= 0.3 is 24.5 Å². The number of Topliss-reactive ketones (excluding diaryl/α,β-unsaturated/α-hetero) is 1. The van der Waals surface area contributed by atoms with E-state index in [4.69, 9.17) is 10.2 Å². The zero-order valence-corrected chi connectivity index (χ0v) is 28.5. The van der Waals surface area contributed by atoms with E-state index in [1.54, 1.807) is 113 Å². The van der Waals surface area contributed by atoms with Crippen molar-refractivity contribution in [1.29, 1.82) is 0 Å². The number of carbonyl (C=O) groups is 3. The first kappa shape index (κ1) is 47.2. The number of hydrogen-bond acceptors (Lipinski definition) is 10. The molecule has 3 N–H and O–H groups in total. The molecule has 0 unspecified atom stereocenters. The summed E-state index contributed by atoms with van der Waals surface area (Å²) in [5.74, 6) is -1.32. The Morgan fingerprint density at radius 1 is 0.667 bits per heavy atom. The largest absolute Gasteiger partial charge is 0.459 e. The lowest BCUT2D eigenvalue weighted by molar-refractivity contribution is -0.146. The van der Waals surface area contributed by atoms with Crippen molar-refractivity contribution in [2.75, 3.05) is 13.2 Å². The summed E-state index contributed by atoms with van der Waals surface area (Å²) in [6, 6.07) is 26.6. The molecule has 0 spiro atoms. The first-order chi connectivity index (χ1) is 22.5. The first-order valence-electron chi connectivity index (χ1n) is 14.7. The highest BCUT2D eigenvalue weighted by atomic mass is 16.6. The maximum absolute atomic E-state index is 11.4. The van der Waals surface area contributed by atoms with Crippen molar-refractivity contribution in [3.05, 3.63) is 133 Å². The Bertz CT molecular complexity index is 1200. The van der Waals surface area contributed by atoms with Gasteiger partial charge in [-0.15, -0.1) is 9.59 Å². The molecule has 0 saturated heterocycles. The van der Waals surface area contributed by atoms with E-state index in [0.717, 1.165) is 12.2 Å². The van der Waals surface area contributed by atoms with Gasteiger partial charge in [-0.2, -0.15) is 0 Å². The molecule has 0 atom stereocenters. The van der Waals surface area contributed by atoms with Crippen molar-refractivity contribution in [3.8, 4) is 0 Å². The number of esters is 2. The average molecular weight is 665 g/mol. The third-order valence-corrected chi connectivity index (χ3v) is 4.28. The average Bonchev–Trinajstić information content (AvgIpc) is 3.07. The second kappa shape index (κ2) is 30.4. The molecule has 3 aromatic rings. The van der Waals surface area contributed by atoms with Crippen molar-refractivity contribution in [3.63, 3.8) is 0 Å². The molecule has 0 aliphatic carbocycles. The van der Waals surface area contributed by atoms with Crippen LogP contribution in [0.1, 0.15) is 63.0 Å². The summed E-state index contributed by atoms with van der Waals surface area (Å²) in [6.07, 6.45) is 5.29. The smallest absolute Gasteiger partial charge is 0.330 e. The van der Waals surface area contributed by atoms with Crippen molar-refractivity contribution < 1.29 is 48.8 Å². The highest BCUT2D eigenvalue weighted by molar-refractivity contribution is 6.01. The van der Waals surface area contributed by atoms with Crippen molar-refractivity contribution in [2.24, 2.45) is 0 Å². The van der Waals surface area contributed by atoms with E-state index in [2.05, 4.69) is 22.6 Å². The SMILES string of the molecule is C=CC(=O)OCCOC(=O)C=C.CC(C)(O)C(=O)c1ccccc1.CC(C)O.CC(C)O.O=[C+]c1ccccc1.O=[C+]c1ccccc1. The minimum Gasteiger partial charge on any atom is -0.459 e. The minimum absolute atomic E-state index is 0.0322. The number of aliphatic hydroxyl groups excluding tert-OH is 2. The van der Waals surface area contributed by atoms with Crippen LogP contribution in [0.3, 0.4) is 0 Å². The molecule has 48 heavy (non-hydrogen) atoms. The van der Waals surface area contributed by atoms with Crippen LogP contribution in [0.4, 0.5) is 0 Å². The van der Waals surface area contributed by atoms with Crippen LogP contribution in [0.15, 0.2) is 116 Å². The van der Waals surface area contributed by atoms with Gasteiger partial charge in [0.15, 0.2) is 5.78 Å². The minimum atomic E-state index is -1.28. The number of aliphatic hydroxyl groups is 3. The van der Waals surface area contributed by atoms with Gasteiger partial charge in [0, 0.05) is 29.9 Å². The Labute approximate surface area is 284 Å². The second-order valence-electron chi connectivity index (χ2n) is 10.1. The van der Waals surface area contributed by atoms with Crippen molar-refractivity contribution in [1.82, 2.24) is 0 Å². The Morgan fingerprint density at radius 2 is 0.938 bits per heavy atom. The van der Waals surface area contributed by atoms with Crippen molar-refractivity contribution in [2.45, 2.75) is 59.4 Å². The lowest BCUT2D eigenvalue weighted by atomic mass is 9.97. The third-order valence-electron chi connectivity index (χ3n) is 4.28. The molecule has 258 valence electrons. The molecule has 10 heteroatoms. The van der Waals surface area contributed by atoms with Crippen LogP contribution in [0.5, 0.6) is 0 Å². The number of ketones is 1. The normalized spacial score (nSPS) is 9.06. The summed E-state index contributed by atoms with van der Waals surface area (Å²) in [4.78, 5) is 52.0. The summed E-state index contributed by atoms with van der Waals surface area (Å²) in [7, 11) is 0. The highest BCUT2D eigenvalue weighted by Crippen LogP contribution is 2.11. The molecule has 0 amide bonds. The fourth-order valence-electron chi connectivity index (χ4n) is 2.36. The molecule has 3 aromatic carbocycles. The van der Waals surface area contributed by atoms with Crippen LogP contribution in [-0.2, 0) is 28.7 Å². The predicted octanol–water partition coefficient (Wildman–Crippen LogP) is 5.15. The molecule has 0 aliphatic rings. The van der Waals surface area contributed by atoms with Crippen LogP contribution in [0.25, 0.3) is 0 Å². The fraction of sp³-hybridized carbons (Fsp3) is 0.289. The quantitative estimate of drug-likeness (QED) is 0.0916. The molecule has 0 fully saturated rings. The summed E-state index contributed by atoms with van der Waals surface area (Å²) in [5, 5.41) is 25.5. The lowest BCUT2D eigenvalue weighted by Gasteiger charge is -2.14. The molecule has 0 bridgehead atoms. The van der Waals surface area contributed by atoms with Gasteiger partial charge in [0.25, 0.3) is 0 Å². The molecule has 0 aliphatic heterocycles. The van der Waals surface area contributed by atoms with Crippen LogP contribution >= 0.6 is 0 Å². The number of ether oxygens (including phenoxy) is 2. The standard InChI is InChI=1S/C10H12O2.C8H10O4.2C7H5O.2C3H8O/c1-10(2,12)9(11)8-6-4-3-5-7-8;1-3-7(9)11-5-6-12-8(10)4-2;2*8-6-7-4-2-1-3-5-7;2*1-3(2)4/h3-7,12H,1-2H3;3-4H,1-2,5-6H2;2*1-5H;2*3-4H,1-2H3/q;;2*+1;;. The first-order valence-corrected chi connectivity index (χ1v) is 14.7. The van der Waals surface area contributed by atoms with Gasteiger partial charge in [-0.1, -0.05) is 43.5 Å². The zero-order valence-electron chi connectivity index (χ0n) is 28.5. The monoisotopic (exact) mass is 664 g/mol. The zero-order chi connectivity index (χ0) is 37.4. The molecule has 3 rings (SSSR count). The maximum atomic E-state index is 11.4. The Morgan fingerprint density at radius 3 is 1.15 bits per heavy atom. The van der Waals surface area contributed by atoms with Gasteiger partial charge in [0.1, 0.15) is 18.8 Å². The van der Waals surface area contributed by atoms with Gasteiger partial charge in [-0.3, -0.25) is 4.79 Å². The lowest BCUT2D eigenvalue weighted by Crippen LogP contribution is -2.30. The Balaban J connectivity index is -0.000000529. The molecule has 10 nitrogen and oxygen atoms in total. The summed E-state index contributed by atoms with van der Waals surface area (Å²) < 4.78 is 9.04. The van der Waals surface area contributed by atoms with Gasteiger partial charge in [0.2, 0.25) is 11.1 Å².